The van der Waals surface area contributed by atoms with Crippen LogP contribution in [0, 0.1) is 17.0 Å². The lowest BCUT2D eigenvalue weighted by Gasteiger charge is -2.16. The van der Waals surface area contributed by atoms with Crippen LogP contribution < -0.4 is 10.6 Å². The van der Waals surface area contributed by atoms with Crippen LogP contribution in [0.1, 0.15) is 32.4 Å². The molecule has 0 aliphatic heterocycles. The highest BCUT2D eigenvalue weighted by atomic mass is 16.6. The van der Waals surface area contributed by atoms with Gasteiger partial charge in [-0.25, -0.2) is 4.98 Å². The number of aliphatic hydroxyl groups is 1. The lowest BCUT2D eigenvalue weighted by Crippen LogP contribution is -2.24. The first kappa shape index (κ1) is 16.1. The Labute approximate surface area is 117 Å². The highest BCUT2D eigenvalue weighted by Crippen LogP contribution is 2.27. The van der Waals surface area contributed by atoms with Gasteiger partial charge in [0.15, 0.2) is 0 Å². The third-order valence-electron chi connectivity index (χ3n) is 2.83. The molecule has 1 aromatic heterocycles. The van der Waals surface area contributed by atoms with Crippen molar-refractivity contribution in [2.45, 2.75) is 39.7 Å². The van der Waals surface area contributed by atoms with Gasteiger partial charge in [-0.3, -0.25) is 10.1 Å². The number of anilines is 2. The van der Waals surface area contributed by atoms with Crippen molar-refractivity contribution in [2.75, 3.05) is 23.8 Å². The molecule has 0 saturated carbocycles. The molecule has 3 N–H and O–H groups in total. The minimum absolute atomic E-state index is 0.117. The number of nitro groups is 1. The fourth-order valence-corrected chi connectivity index (χ4v) is 1.67. The molecule has 1 heterocycles. The Hall–Kier alpha value is -1.96. The van der Waals surface area contributed by atoms with E-state index in [1.807, 2.05) is 13.8 Å². The van der Waals surface area contributed by atoms with E-state index in [1.165, 1.54) is 0 Å². The summed E-state index contributed by atoms with van der Waals surface area (Å²) in [5.41, 5.74) is 0.137. The van der Waals surface area contributed by atoms with Crippen LogP contribution in [0.25, 0.3) is 0 Å². The molecule has 0 aromatic carbocycles. The van der Waals surface area contributed by atoms with E-state index in [-0.39, 0.29) is 24.2 Å². The summed E-state index contributed by atoms with van der Waals surface area (Å²) in [6.07, 6.45) is 1.53. The molecule has 8 heteroatoms. The van der Waals surface area contributed by atoms with Gasteiger partial charge in [-0.05, 0) is 19.8 Å². The van der Waals surface area contributed by atoms with Crippen molar-refractivity contribution in [1.29, 1.82) is 0 Å². The number of aliphatic hydroxyl groups excluding tert-OH is 1. The molecule has 1 unspecified atom stereocenters. The lowest BCUT2D eigenvalue weighted by atomic mass is 10.2. The number of hydrogen-bond donors (Lipinski definition) is 3. The number of aryl methyl sites for hydroxylation is 1. The normalized spacial score (nSPS) is 12.0. The Morgan fingerprint density at radius 1 is 1.40 bits per heavy atom. The summed E-state index contributed by atoms with van der Waals surface area (Å²) in [5, 5.41) is 26.2. The zero-order valence-corrected chi connectivity index (χ0v) is 12.0. The van der Waals surface area contributed by atoms with Gasteiger partial charge in [-0.2, -0.15) is 4.98 Å². The summed E-state index contributed by atoms with van der Waals surface area (Å²) in [6, 6.07) is -0.276. The molecule has 0 fully saturated rings. The van der Waals surface area contributed by atoms with Crippen molar-refractivity contribution in [3.63, 3.8) is 0 Å². The van der Waals surface area contributed by atoms with Gasteiger partial charge in [0.2, 0.25) is 11.8 Å². The first-order valence-corrected chi connectivity index (χ1v) is 6.67. The SMILES string of the molecule is CCCNc1nc(C)c([N+](=O)[O-])c(NC(CC)CO)n1. The number of rotatable bonds is 8. The highest BCUT2D eigenvalue weighted by Gasteiger charge is 2.23. The predicted molar refractivity (Wildman–Crippen MR) is 77.0 cm³/mol. The summed E-state index contributed by atoms with van der Waals surface area (Å²) in [4.78, 5) is 18.8. The number of nitrogens with zero attached hydrogens (tertiary/aromatic N) is 3. The van der Waals surface area contributed by atoms with Gasteiger partial charge in [0.05, 0.1) is 17.6 Å². The van der Waals surface area contributed by atoms with Crippen molar-refractivity contribution in [1.82, 2.24) is 9.97 Å². The number of nitrogens with one attached hydrogen (secondary N) is 2. The number of hydrogen-bond acceptors (Lipinski definition) is 7. The number of aromatic nitrogens is 2. The molecule has 20 heavy (non-hydrogen) atoms. The Balaban J connectivity index is 3.14. The second kappa shape index (κ2) is 7.59. The molecule has 0 amide bonds. The molecular formula is C12H21N5O3. The molecule has 112 valence electrons. The first-order chi connectivity index (χ1) is 9.53. The van der Waals surface area contributed by atoms with E-state index in [1.54, 1.807) is 6.92 Å². The molecule has 1 aromatic rings. The minimum atomic E-state index is -0.509. The maximum Gasteiger partial charge on any atom is 0.332 e. The molecule has 0 saturated heterocycles. The molecule has 0 aliphatic rings. The monoisotopic (exact) mass is 283 g/mol. The summed E-state index contributed by atoms with van der Waals surface area (Å²) >= 11 is 0. The predicted octanol–water partition coefficient (Wildman–Crippen LogP) is 1.70. The van der Waals surface area contributed by atoms with Crippen molar-refractivity contribution in [3.8, 4) is 0 Å². The van der Waals surface area contributed by atoms with E-state index >= 15 is 0 Å². The van der Waals surface area contributed by atoms with Gasteiger partial charge in [0.1, 0.15) is 5.69 Å². The quantitative estimate of drug-likeness (QED) is 0.491. The second-order valence-electron chi connectivity index (χ2n) is 4.45. The molecule has 8 nitrogen and oxygen atoms in total. The average Bonchev–Trinajstić information content (AvgIpc) is 2.41. The van der Waals surface area contributed by atoms with Crippen LogP contribution in [0.5, 0.6) is 0 Å². The third-order valence-corrected chi connectivity index (χ3v) is 2.83. The van der Waals surface area contributed by atoms with E-state index in [4.69, 9.17) is 0 Å². The largest absolute Gasteiger partial charge is 0.394 e. The molecule has 0 spiro atoms. The smallest absolute Gasteiger partial charge is 0.332 e. The molecule has 0 bridgehead atoms. The van der Waals surface area contributed by atoms with Gasteiger partial charge in [-0.1, -0.05) is 13.8 Å². The Bertz CT molecular complexity index is 463. The van der Waals surface area contributed by atoms with Crippen LogP contribution in [0.2, 0.25) is 0 Å². The Morgan fingerprint density at radius 2 is 2.10 bits per heavy atom. The fourth-order valence-electron chi connectivity index (χ4n) is 1.67. The van der Waals surface area contributed by atoms with Crippen LogP contribution in [0.3, 0.4) is 0 Å². The fraction of sp³-hybridized carbons (Fsp3) is 0.667. The van der Waals surface area contributed by atoms with Crippen molar-refractivity contribution in [3.05, 3.63) is 15.8 Å². The van der Waals surface area contributed by atoms with E-state index in [0.29, 0.717) is 24.6 Å². The summed E-state index contributed by atoms with van der Waals surface area (Å²) in [5.74, 6) is 0.493. The minimum Gasteiger partial charge on any atom is -0.394 e. The van der Waals surface area contributed by atoms with Crippen LogP contribution in [-0.4, -0.2) is 39.2 Å². The molecule has 1 rings (SSSR count). The second-order valence-corrected chi connectivity index (χ2v) is 4.45. The van der Waals surface area contributed by atoms with Crippen molar-refractivity contribution >= 4 is 17.5 Å². The summed E-state index contributed by atoms with van der Waals surface area (Å²) in [7, 11) is 0. The maximum absolute atomic E-state index is 11.1. The van der Waals surface area contributed by atoms with Gasteiger partial charge in [0, 0.05) is 6.54 Å². The van der Waals surface area contributed by atoms with Gasteiger partial charge in [0.25, 0.3) is 0 Å². The van der Waals surface area contributed by atoms with Gasteiger partial charge < -0.3 is 15.7 Å². The summed E-state index contributed by atoms with van der Waals surface area (Å²) in [6.45, 7) is 6.03. The average molecular weight is 283 g/mol. The zero-order chi connectivity index (χ0) is 15.1. The molecule has 1 atom stereocenters. The van der Waals surface area contributed by atoms with Crippen LogP contribution in [0.15, 0.2) is 0 Å². The Kier molecular flexibility index (Phi) is 6.10. The maximum atomic E-state index is 11.1. The Morgan fingerprint density at radius 3 is 2.60 bits per heavy atom. The zero-order valence-electron chi connectivity index (χ0n) is 12.0. The van der Waals surface area contributed by atoms with Crippen molar-refractivity contribution < 1.29 is 10.0 Å². The summed E-state index contributed by atoms with van der Waals surface area (Å²) < 4.78 is 0. The standard InChI is InChI=1S/C12H21N5O3/c1-4-6-13-12-14-8(3)10(17(19)20)11(16-12)15-9(5-2)7-18/h9,18H,4-7H2,1-3H3,(H2,13,14,15,16). The molecule has 0 radical (unpaired) electrons. The van der Waals surface area contributed by atoms with Crippen molar-refractivity contribution in [2.24, 2.45) is 0 Å². The lowest BCUT2D eigenvalue weighted by molar-refractivity contribution is -0.385. The van der Waals surface area contributed by atoms with E-state index < -0.39 is 4.92 Å². The first-order valence-electron chi connectivity index (χ1n) is 6.67. The molecule has 0 aliphatic carbocycles. The van der Waals surface area contributed by atoms with Crippen LogP contribution in [0.4, 0.5) is 17.5 Å². The van der Waals surface area contributed by atoms with Gasteiger partial charge in [-0.15, -0.1) is 0 Å². The van der Waals surface area contributed by atoms with Gasteiger partial charge >= 0.3 is 5.69 Å². The van der Waals surface area contributed by atoms with Crippen LogP contribution >= 0.6 is 0 Å². The third kappa shape index (κ3) is 4.02. The van der Waals surface area contributed by atoms with E-state index in [0.717, 1.165) is 6.42 Å². The molecular weight excluding hydrogens is 262 g/mol. The topological polar surface area (TPSA) is 113 Å². The highest BCUT2D eigenvalue weighted by molar-refractivity contribution is 5.61. The van der Waals surface area contributed by atoms with E-state index in [2.05, 4.69) is 20.6 Å². The van der Waals surface area contributed by atoms with Crippen LogP contribution in [-0.2, 0) is 0 Å². The van der Waals surface area contributed by atoms with E-state index in [9.17, 15) is 15.2 Å².